The third-order valence-electron chi connectivity index (χ3n) is 4.68. The maximum atomic E-state index is 12.2. The molecule has 0 aliphatic rings. The molecule has 2 heterocycles. The van der Waals surface area contributed by atoms with Gasteiger partial charge in [-0.3, -0.25) is 14.6 Å². The average Bonchev–Trinajstić information content (AvgIpc) is 3.25. The Bertz CT molecular complexity index is 1290. The summed E-state index contributed by atoms with van der Waals surface area (Å²) in [5.41, 5.74) is 9.40. The highest BCUT2D eigenvalue weighted by atomic mass is 35.5. The topological polar surface area (TPSA) is 103 Å². The Kier molecular flexibility index (Phi) is 6.20. The van der Waals surface area contributed by atoms with Crippen molar-refractivity contribution in [1.29, 1.82) is 0 Å². The second-order valence-electron chi connectivity index (χ2n) is 6.89. The molecule has 0 spiro atoms. The second kappa shape index (κ2) is 9.21. The summed E-state index contributed by atoms with van der Waals surface area (Å²) in [6, 6.07) is 17.9. The minimum Gasteiger partial charge on any atom is -0.368 e. The quantitative estimate of drug-likeness (QED) is 0.446. The van der Waals surface area contributed by atoms with Gasteiger partial charge in [-0.1, -0.05) is 35.3 Å². The van der Waals surface area contributed by atoms with Gasteiger partial charge >= 0.3 is 0 Å². The van der Waals surface area contributed by atoms with Gasteiger partial charge in [-0.25, -0.2) is 4.68 Å². The number of pyridine rings is 1. The average molecular weight is 466 g/mol. The Labute approximate surface area is 193 Å². The lowest BCUT2D eigenvalue weighted by atomic mass is 10.1. The van der Waals surface area contributed by atoms with Crippen LogP contribution >= 0.6 is 23.2 Å². The summed E-state index contributed by atoms with van der Waals surface area (Å²) in [6.07, 6.45) is 3.43. The number of amides is 2. The largest absolute Gasteiger partial charge is 0.368 e. The Morgan fingerprint density at radius 3 is 2.41 bits per heavy atom. The zero-order valence-corrected chi connectivity index (χ0v) is 18.1. The molecule has 2 amide bonds. The number of nitrogens with zero attached hydrogens (tertiary/aromatic N) is 3. The van der Waals surface area contributed by atoms with E-state index in [1.165, 1.54) is 0 Å². The molecule has 3 N–H and O–H groups in total. The number of halogens is 2. The van der Waals surface area contributed by atoms with E-state index < -0.39 is 5.91 Å². The van der Waals surface area contributed by atoms with Crippen molar-refractivity contribution in [3.8, 4) is 28.2 Å². The molecule has 160 valence electrons. The predicted molar refractivity (Wildman–Crippen MR) is 124 cm³/mol. The van der Waals surface area contributed by atoms with Crippen molar-refractivity contribution in [2.45, 2.75) is 0 Å². The fourth-order valence-corrected chi connectivity index (χ4v) is 3.41. The molecule has 7 nitrogen and oxygen atoms in total. The van der Waals surface area contributed by atoms with Crippen LogP contribution in [0.3, 0.4) is 0 Å². The summed E-state index contributed by atoms with van der Waals surface area (Å²) in [5.74, 6) is -0.993. The molecule has 0 saturated carbocycles. The van der Waals surface area contributed by atoms with Gasteiger partial charge in [-0.15, -0.1) is 0 Å². The Hall–Kier alpha value is -3.68. The minimum atomic E-state index is -0.608. The van der Waals surface area contributed by atoms with E-state index >= 15 is 0 Å². The highest BCUT2D eigenvalue weighted by Gasteiger charge is 2.15. The number of primary amides is 1. The number of benzene rings is 2. The maximum Gasteiger partial charge on any atom is 0.251 e. The molecule has 0 aliphatic carbocycles. The number of rotatable bonds is 6. The third kappa shape index (κ3) is 4.64. The number of hydrogen-bond donors (Lipinski definition) is 2. The minimum absolute atomic E-state index is 0.223. The van der Waals surface area contributed by atoms with Crippen LogP contribution in [0.4, 0.5) is 0 Å². The van der Waals surface area contributed by atoms with Gasteiger partial charge in [0.25, 0.3) is 5.91 Å². The van der Waals surface area contributed by atoms with Crippen molar-refractivity contribution >= 4 is 35.0 Å². The van der Waals surface area contributed by atoms with E-state index in [0.717, 1.165) is 28.2 Å². The number of carbonyl (C=O) groups excluding carboxylic acids is 2. The van der Waals surface area contributed by atoms with Crippen molar-refractivity contribution in [3.63, 3.8) is 0 Å². The monoisotopic (exact) mass is 465 g/mol. The lowest BCUT2D eigenvalue weighted by Crippen LogP contribution is -2.33. The molecule has 2 aromatic carbocycles. The molecule has 4 rings (SSSR count). The van der Waals surface area contributed by atoms with Crippen LogP contribution in [0.1, 0.15) is 10.4 Å². The van der Waals surface area contributed by atoms with E-state index in [1.807, 2.05) is 24.3 Å². The summed E-state index contributed by atoms with van der Waals surface area (Å²) in [4.78, 5) is 27.2. The number of carbonyl (C=O) groups is 2. The third-order valence-corrected chi connectivity index (χ3v) is 5.42. The molecule has 0 unspecified atom stereocenters. The summed E-state index contributed by atoms with van der Waals surface area (Å²) < 4.78 is 1.76. The molecule has 0 bridgehead atoms. The van der Waals surface area contributed by atoms with Crippen LogP contribution in [-0.2, 0) is 4.79 Å². The summed E-state index contributed by atoms with van der Waals surface area (Å²) >= 11 is 12.3. The fourth-order valence-electron chi connectivity index (χ4n) is 3.12. The van der Waals surface area contributed by atoms with Gasteiger partial charge < -0.3 is 11.1 Å². The van der Waals surface area contributed by atoms with E-state index in [9.17, 15) is 9.59 Å². The van der Waals surface area contributed by atoms with Crippen LogP contribution in [-0.4, -0.2) is 33.1 Å². The van der Waals surface area contributed by atoms with Crippen LogP contribution in [0.2, 0.25) is 10.0 Å². The Morgan fingerprint density at radius 1 is 0.969 bits per heavy atom. The Balaban J connectivity index is 1.75. The smallest absolute Gasteiger partial charge is 0.251 e. The van der Waals surface area contributed by atoms with Crippen molar-refractivity contribution in [3.05, 3.63) is 88.7 Å². The van der Waals surface area contributed by atoms with Gasteiger partial charge in [0.2, 0.25) is 5.91 Å². The van der Waals surface area contributed by atoms with Crippen molar-refractivity contribution in [2.24, 2.45) is 5.73 Å². The first-order chi connectivity index (χ1) is 15.4. The van der Waals surface area contributed by atoms with E-state index in [1.54, 1.807) is 53.5 Å². The molecule has 0 radical (unpaired) electrons. The SMILES string of the molecule is NC(=O)CNC(=O)c1ccc(-c2cc(-c3cccnc3)nn2-c2ccc(Cl)c(Cl)c2)cc1. The van der Waals surface area contributed by atoms with Gasteiger partial charge in [-0.05, 0) is 48.5 Å². The van der Waals surface area contributed by atoms with E-state index in [4.69, 9.17) is 34.0 Å². The van der Waals surface area contributed by atoms with E-state index in [-0.39, 0.29) is 12.5 Å². The lowest BCUT2D eigenvalue weighted by molar-refractivity contribution is -0.117. The first-order valence-corrected chi connectivity index (χ1v) is 10.3. The van der Waals surface area contributed by atoms with Crippen LogP contribution < -0.4 is 11.1 Å². The number of aromatic nitrogens is 3. The lowest BCUT2D eigenvalue weighted by Gasteiger charge is -2.09. The second-order valence-corrected chi connectivity index (χ2v) is 7.71. The molecule has 9 heteroatoms. The fraction of sp³-hybridized carbons (Fsp3) is 0.0435. The van der Waals surface area contributed by atoms with Crippen molar-refractivity contribution < 1.29 is 9.59 Å². The molecular weight excluding hydrogens is 449 g/mol. The standard InChI is InChI=1S/C23H17Cl2N5O2/c24-18-8-7-17(10-19(18)25)30-21(11-20(29-30)16-2-1-9-27-12-16)14-3-5-15(6-4-14)23(32)28-13-22(26)31/h1-12H,13H2,(H2,26,31)(H,28,32). The normalized spacial score (nSPS) is 10.7. The highest BCUT2D eigenvalue weighted by molar-refractivity contribution is 6.42. The highest BCUT2D eigenvalue weighted by Crippen LogP contribution is 2.31. The molecule has 0 aliphatic heterocycles. The van der Waals surface area contributed by atoms with Crippen LogP contribution in [0.15, 0.2) is 73.1 Å². The zero-order chi connectivity index (χ0) is 22.7. The first kappa shape index (κ1) is 21.5. The van der Waals surface area contributed by atoms with Crippen molar-refractivity contribution in [2.75, 3.05) is 6.54 Å². The predicted octanol–water partition coefficient (Wildman–Crippen LogP) is 4.12. The van der Waals surface area contributed by atoms with Gasteiger partial charge in [-0.2, -0.15) is 5.10 Å². The maximum absolute atomic E-state index is 12.2. The Morgan fingerprint density at radius 2 is 1.75 bits per heavy atom. The summed E-state index contributed by atoms with van der Waals surface area (Å²) in [7, 11) is 0. The van der Waals surface area contributed by atoms with Crippen LogP contribution in [0, 0.1) is 0 Å². The molecule has 32 heavy (non-hydrogen) atoms. The van der Waals surface area contributed by atoms with Crippen molar-refractivity contribution in [1.82, 2.24) is 20.1 Å². The van der Waals surface area contributed by atoms with Gasteiger partial charge in [0, 0.05) is 29.1 Å². The van der Waals surface area contributed by atoms with Crippen LogP contribution in [0.5, 0.6) is 0 Å². The van der Waals surface area contributed by atoms with E-state index in [0.29, 0.717) is 15.6 Å². The van der Waals surface area contributed by atoms with Gasteiger partial charge in [0.05, 0.1) is 33.7 Å². The first-order valence-electron chi connectivity index (χ1n) is 9.55. The summed E-state index contributed by atoms with van der Waals surface area (Å²) in [5, 5.41) is 8.07. The van der Waals surface area contributed by atoms with Gasteiger partial charge in [0.1, 0.15) is 0 Å². The number of nitrogens with two attached hydrogens (primary N) is 1. The van der Waals surface area contributed by atoms with E-state index in [2.05, 4.69) is 10.3 Å². The summed E-state index contributed by atoms with van der Waals surface area (Å²) in [6.45, 7) is -0.223. The van der Waals surface area contributed by atoms with Gasteiger partial charge in [0.15, 0.2) is 0 Å². The molecule has 0 saturated heterocycles. The molecule has 2 aromatic heterocycles. The molecule has 4 aromatic rings. The number of hydrogen-bond acceptors (Lipinski definition) is 4. The molecule has 0 atom stereocenters. The molecule has 0 fully saturated rings. The van der Waals surface area contributed by atoms with Crippen LogP contribution in [0.25, 0.3) is 28.2 Å². The zero-order valence-electron chi connectivity index (χ0n) is 16.6. The number of nitrogens with one attached hydrogen (secondary N) is 1. The molecular formula is C23H17Cl2N5O2.